The van der Waals surface area contributed by atoms with Crippen LogP contribution in [0, 0.1) is 0 Å². The maximum Gasteiger partial charge on any atom is 0.190 e. The Morgan fingerprint density at radius 3 is 2.16 bits per heavy atom. The highest BCUT2D eigenvalue weighted by molar-refractivity contribution is 14.0. The predicted octanol–water partition coefficient (Wildman–Crippen LogP) is 3.65. The van der Waals surface area contributed by atoms with E-state index in [9.17, 15) is 0 Å². The van der Waals surface area contributed by atoms with Crippen molar-refractivity contribution in [2.75, 3.05) is 27.2 Å². The van der Waals surface area contributed by atoms with Crippen molar-refractivity contribution in [1.82, 2.24) is 10.6 Å². The number of halogens is 1. The number of rotatable bonds is 8. The number of ether oxygens (including phenoxy) is 1. The Hall–Kier alpha value is -1.76. The number of nitrogens with zero attached hydrogens (tertiary/aromatic N) is 1. The largest absolute Gasteiger partial charge is 0.497 e. The van der Waals surface area contributed by atoms with Crippen LogP contribution in [0.25, 0.3) is 0 Å². The first-order valence-electron chi connectivity index (χ1n) is 8.43. The summed E-state index contributed by atoms with van der Waals surface area (Å²) in [7, 11) is 3.50. The average molecular weight is 453 g/mol. The molecule has 25 heavy (non-hydrogen) atoms. The van der Waals surface area contributed by atoms with Gasteiger partial charge in [0.25, 0.3) is 0 Å². The number of guanidine groups is 1. The molecule has 0 saturated carbocycles. The van der Waals surface area contributed by atoms with Crippen LogP contribution in [0.15, 0.2) is 59.6 Å². The molecule has 0 aliphatic carbocycles. The summed E-state index contributed by atoms with van der Waals surface area (Å²) in [6.45, 7) is 1.78. The Labute approximate surface area is 168 Å². The fourth-order valence-electron chi connectivity index (χ4n) is 2.48. The van der Waals surface area contributed by atoms with E-state index in [1.807, 2.05) is 18.2 Å². The monoisotopic (exact) mass is 453 g/mol. The molecule has 0 spiro atoms. The highest BCUT2D eigenvalue weighted by atomic mass is 127. The maximum absolute atomic E-state index is 5.17. The fourth-order valence-corrected chi connectivity index (χ4v) is 2.48. The normalized spacial score (nSPS) is 10.7. The van der Waals surface area contributed by atoms with Gasteiger partial charge in [-0.1, -0.05) is 42.5 Å². The van der Waals surface area contributed by atoms with Gasteiger partial charge in [-0.05, 0) is 42.5 Å². The lowest BCUT2D eigenvalue weighted by Crippen LogP contribution is -2.38. The minimum Gasteiger partial charge on any atom is -0.497 e. The van der Waals surface area contributed by atoms with Crippen LogP contribution in [-0.4, -0.2) is 33.2 Å². The van der Waals surface area contributed by atoms with Crippen LogP contribution in [0.1, 0.15) is 17.5 Å². The molecule has 2 rings (SSSR count). The molecular formula is C20H28IN3O. The van der Waals surface area contributed by atoms with Gasteiger partial charge in [-0.2, -0.15) is 0 Å². The van der Waals surface area contributed by atoms with Gasteiger partial charge in [0.05, 0.1) is 7.11 Å². The lowest BCUT2D eigenvalue weighted by Gasteiger charge is -2.12. The molecule has 0 aromatic heterocycles. The molecule has 2 aromatic rings. The molecule has 0 radical (unpaired) electrons. The summed E-state index contributed by atoms with van der Waals surface area (Å²) < 4.78 is 5.17. The van der Waals surface area contributed by atoms with Crippen LogP contribution >= 0.6 is 24.0 Å². The summed E-state index contributed by atoms with van der Waals surface area (Å²) in [5, 5.41) is 6.72. The molecule has 0 atom stereocenters. The Bertz CT molecular complexity index is 615. The van der Waals surface area contributed by atoms with Crippen LogP contribution < -0.4 is 15.4 Å². The van der Waals surface area contributed by atoms with E-state index in [0.717, 1.165) is 44.1 Å². The van der Waals surface area contributed by atoms with E-state index >= 15 is 0 Å². The maximum atomic E-state index is 5.17. The van der Waals surface area contributed by atoms with Crippen LogP contribution in [-0.2, 0) is 12.8 Å². The van der Waals surface area contributed by atoms with Crippen LogP contribution in [0.5, 0.6) is 5.75 Å². The number of benzene rings is 2. The molecule has 0 aliphatic heterocycles. The fraction of sp³-hybridized carbons (Fsp3) is 0.350. The smallest absolute Gasteiger partial charge is 0.190 e. The number of aliphatic imine (C=N–C) groups is 1. The molecule has 2 N–H and O–H groups in total. The Morgan fingerprint density at radius 1 is 0.880 bits per heavy atom. The first kappa shape index (κ1) is 21.3. The second-order valence-corrected chi connectivity index (χ2v) is 5.61. The molecule has 0 bridgehead atoms. The zero-order valence-electron chi connectivity index (χ0n) is 15.0. The lowest BCUT2D eigenvalue weighted by molar-refractivity contribution is 0.414. The summed E-state index contributed by atoms with van der Waals surface area (Å²) in [4.78, 5) is 4.26. The van der Waals surface area contributed by atoms with Crippen molar-refractivity contribution in [3.8, 4) is 5.75 Å². The molecule has 0 heterocycles. The van der Waals surface area contributed by atoms with Crippen LogP contribution in [0.2, 0.25) is 0 Å². The molecule has 136 valence electrons. The number of aryl methyl sites for hydroxylation is 1. The van der Waals surface area contributed by atoms with Crippen LogP contribution in [0.4, 0.5) is 0 Å². The van der Waals surface area contributed by atoms with Gasteiger partial charge < -0.3 is 15.4 Å². The minimum absolute atomic E-state index is 0. The second kappa shape index (κ2) is 12.6. The number of methoxy groups -OCH3 is 1. The van der Waals surface area contributed by atoms with Gasteiger partial charge in [0, 0.05) is 20.1 Å². The van der Waals surface area contributed by atoms with E-state index in [-0.39, 0.29) is 24.0 Å². The molecular weight excluding hydrogens is 425 g/mol. The summed E-state index contributed by atoms with van der Waals surface area (Å²) in [5.41, 5.74) is 2.66. The molecule has 0 saturated heterocycles. The first-order valence-corrected chi connectivity index (χ1v) is 8.43. The van der Waals surface area contributed by atoms with Gasteiger partial charge in [-0.25, -0.2) is 0 Å². The zero-order chi connectivity index (χ0) is 17.0. The Kier molecular flexibility index (Phi) is 10.7. The van der Waals surface area contributed by atoms with Crippen molar-refractivity contribution >= 4 is 29.9 Å². The van der Waals surface area contributed by atoms with Gasteiger partial charge in [-0.15, -0.1) is 24.0 Å². The standard InChI is InChI=1S/C20H27N3O.HI/c1-21-20(23-16-14-17-7-4-3-5-8-17)22-15-6-9-18-10-12-19(24-2)13-11-18;/h3-5,7-8,10-13H,6,9,14-16H2,1-2H3,(H2,21,22,23);1H. The highest BCUT2D eigenvalue weighted by Crippen LogP contribution is 2.12. The van der Waals surface area contributed by atoms with Crippen molar-refractivity contribution in [3.63, 3.8) is 0 Å². The van der Waals surface area contributed by atoms with Gasteiger partial charge >= 0.3 is 0 Å². The van der Waals surface area contributed by atoms with E-state index in [0.29, 0.717) is 0 Å². The third kappa shape index (κ3) is 8.25. The molecule has 0 amide bonds. The van der Waals surface area contributed by atoms with Crippen molar-refractivity contribution in [1.29, 1.82) is 0 Å². The van der Waals surface area contributed by atoms with Crippen molar-refractivity contribution in [2.45, 2.75) is 19.3 Å². The second-order valence-electron chi connectivity index (χ2n) is 5.61. The van der Waals surface area contributed by atoms with Crippen LogP contribution in [0.3, 0.4) is 0 Å². The zero-order valence-corrected chi connectivity index (χ0v) is 17.3. The summed E-state index contributed by atoms with van der Waals surface area (Å²) in [5.74, 6) is 1.76. The quantitative estimate of drug-likeness (QED) is 0.278. The topological polar surface area (TPSA) is 45.7 Å². The number of hydrogen-bond acceptors (Lipinski definition) is 2. The summed E-state index contributed by atoms with van der Waals surface area (Å²) in [6.07, 6.45) is 3.09. The van der Waals surface area contributed by atoms with E-state index in [4.69, 9.17) is 4.74 Å². The van der Waals surface area contributed by atoms with Gasteiger partial charge in [0.2, 0.25) is 0 Å². The Balaban J connectivity index is 0.00000312. The predicted molar refractivity (Wildman–Crippen MR) is 116 cm³/mol. The first-order chi connectivity index (χ1) is 11.8. The third-order valence-corrected chi connectivity index (χ3v) is 3.87. The van der Waals surface area contributed by atoms with Crippen molar-refractivity contribution in [3.05, 3.63) is 65.7 Å². The highest BCUT2D eigenvalue weighted by Gasteiger charge is 1.99. The van der Waals surface area contributed by atoms with Gasteiger partial charge in [0.1, 0.15) is 5.75 Å². The van der Waals surface area contributed by atoms with E-state index in [1.165, 1.54) is 11.1 Å². The van der Waals surface area contributed by atoms with Crippen molar-refractivity contribution < 1.29 is 4.74 Å². The van der Waals surface area contributed by atoms with E-state index < -0.39 is 0 Å². The van der Waals surface area contributed by atoms with Gasteiger partial charge in [0.15, 0.2) is 5.96 Å². The third-order valence-electron chi connectivity index (χ3n) is 3.87. The molecule has 0 aliphatic rings. The average Bonchev–Trinajstić information content (AvgIpc) is 2.65. The molecule has 2 aromatic carbocycles. The molecule has 0 fully saturated rings. The van der Waals surface area contributed by atoms with E-state index in [2.05, 4.69) is 52.0 Å². The Morgan fingerprint density at radius 2 is 1.52 bits per heavy atom. The lowest BCUT2D eigenvalue weighted by atomic mass is 10.1. The van der Waals surface area contributed by atoms with E-state index in [1.54, 1.807) is 14.2 Å². The number of hydrogen-bond donors (Lipinski definition) is 2. The molecule has 0 unspecified atom stereocenters. The summed E-state index contributed by atoms with van der Waals surface area (Å²) >= 11 is 0. The van der Waals surface area contributed by atoms with Crippen molar-refractivity contribution in [2.24, 2.45) is 4.99 Å². The number of nitrogens with one attached hydrogen (secondary N) is 2. The summed E-state index contributed by atoms with van der Waals surface area (Å²) in [6, 6.07) is 18.7. The van der Waals surface area contributed by atoms with Gasteiger partial charge in [-0.3, -0.25) is 4.99 Å². The molecule has 4 nitrogen and oxygen atoms in total. The SMILES string of the molecule is CN=C(NCCCc1ccc(OC)cc1)NCCc1ccccc1.I. The molecule has 5 heteroatoms. The minimum atomic E-state index is 0.